The minimum atomic E-state index is -0.166. The third-order valence-electron chi connectivity index (χ3n) is 4.26. The van der Waals surface area contributed by atoms with Gasteiger partial charge in [-0.25, -0.2) is 0 Å². The SMILES string of the molecule is Cc1cc(C(=O)N2CC(=O)N(c3ccc(Cl)cc3)CC2C)c(C)o1. The summed E-state index contributed by atoms with van der Waals surface area (Å²) in [6.07, 6.45) is 0. The highest BCUT2D eigenvalue weighted by atomic mass is 35.5. The van der Waals surface area contributed by atoms with Gasteiger partial charge in [-0.2, -0.15) is 0 Å². The molecule has 5 nitrogen and oxygen atoms in total. The van der Waals surface area contributed by atoms with Crippen molar-refractivity contribution in [2.24, 2.45) is 0 Å². The lowest BCUT2D eigenvalue weighted by Crippen LogP contribution is -2.57. The second-order valence-corrected chi connectivity index (χ2v) is 6.53. The number of rotatable bonds is 2. The number of hydrogen-bond donors (Lipinski definition) is 0. The summed E-state index contributed by atoms with van der Waals surface area (Å²) in [5.74, 6) is 0.995. The third kappa shape index (κ3) is 3.04. The van der Waals surface area contributed by atoms with E-state index in [0.717, 1.165) is 5.69 Å². The van der Waals surface area contributed by atoms with Crippen molar-refractivity contribution in [1.82, 2.24) is 4.90 Å². The van der Waals surface area contributed by atoms with Crippen LogP contribution in [0.2, 0.25) is 5.02 Å². The van der Waals surface area contributed by atoms with Gasteiger partial charge in [0.15, 0.2) is 0 Å². The zero-order chi connectivity index (χ0) is 17.4. The van der Waals surface area contributed by atoms with Crippen molar-refractivity contribution in [3.8, 4) is 0 Å². The fraction of sp³-hybridized carbons (Fsp3) is 0.333. The predicted molar refractivity (Wildman–Crippen MR) is 92.5 cm³/mol. The largest absolute Gasteiger partial charge is 0.466 e. The van der Waals surface area contributed by atoms with Gasteiger partial charge in [0, 0.05) is 23.3 Å². The normalized spacial score (nSPS) is 18.2. The van der Waals surface area contributed by atoms with Crippen LogP contribution < -0.4 is 4.90 Å². The van der Waals surface area contributed by atoms with Gasteiger partial charge in [0.25, 0.3) is 5.91 Å². The van der Waals surface area contributed by atoms with Crippen LogP contribution in [-0.4, -0.2) is 35.8 Å². The molecule has 1 aromatic heterocycles. The monoisotopic (exact) mass is 346 g/mol. The number of furan rings is 1. The van der Waals surface area contributed by atoms with E-state index in [0.29, 0.717) is 28.7 Å². The van der Waals surface area contributed by atoms with Crippen molar-refractivity contribution in [2.45, 2.75) is 26.8 Å². The quantitative estimate of drug-likeness (QED) is 0.837. The molecule has 0 saturated carbocycles. The average molecular weight is 347 g/mol. The van der Waals surface area contributed by atoms with E-state index < -0.39 is 0 Å². The number of carbonyl (C=O) groups is 2. The molecule has 24 heavy (non-hydrogen) atoms. The van der Waals surface area contributed by atoms with E-state index in [1.54, 1.807) is 41.8 Å². The second kappa shape index (κ2) is 6.32. The van der Waals surface area contributed by atoms with E-state index in [1.165, 1.54) is 0 Å². The summed E-state index contributed by atoms with van der Waals surface area (Å²) in [6, 6.07) is 8.76. The third-order valence-corrected chi connectivity index (χ3v) is 4.51. The number of aryl methyl sites for hydroxylation is 2. The van der Waals surface area contributed by atoms with Gasteiger partial charge in [0.05, 0.1) is 5.56 Å². The summed E-state index contributed by atoms with van der Waals surface area (Å²) in [7, 11) is 0. The molecule has 1 saturated heterocycles. The van der Waals surface area contributed by atoms with Gasteiger partial charge in [0.2, 0.25) is 5.91 Å². The number of amides is 2. The molecule has 0 bridgehead atoms. The molecule has 126 valence electrons. The predicted octanol–water partition coefficient (Wildman–Crippen LogP) is 3.43. The summed E-state index contributed by atoms with van der Waals surface area (Å²) in [5, 5.41) is 0.624. The number of anilines is 1. The highest BCUT2D eigenvalue weighted by molar-refractivity contribution is 6.30. The molecule has 6 heteroatoms. The summed E-state index contributed by atoms with van der Waals surface area (Å²) < 4.78 is 5.43. The summed E-state index contributed by atoms with van der Waals surface area (Å²) in [4.78, 5) is 28.6. The summed E-state index contributed by atoms with van der Waals surface area (Å²) in [6.45, 7) is 6.00. The van der Waals surface area contributed by atoms with Gasteiger partial charge >= 0.3 is 0 Å². The molecule has 0 spiro atoms. The Balaban J connectivity index is 1.80. The molecule has 1 fully saturated rings. The van der Waals surface area contributed by atoms with Crippen molar-refractivity contribution in [1.29, 1.82) is 0 Å². The molecular formula is C18H19ClN2O3. The van der Waals surface area contributed by atoms with E-state index in [2.05, 4.69) is 0 Å². The maximum Gasteiger partial charge on any atom is 0.258 e. The fourth-order valence-corrected chi connectivity index (χ4v) is 3.12. The Morgan fingerprint density at radius 3 is 2.50 bits per heavy atom. The Morgan fingerprint density at radius 2 is 1.92 bits per heavy atom. The fourth-order valence-electron chi connectivity index (χ4n) is 2.99. The van der Waals surface area contributed by atoms with E-state index in [-0.39, 0.29) is 24.4 Å². The van der Waals surface area contributed by atoms with Crippen molar-refractivity contribution >= 4 is 29.1 Å². The average Bonchev–Trinajstić information content (AvgIpc) is 2.88. The van der Waals surface area contributed by atoms with Crippen LogP contribution in [0.3, 0.4) is 0 Å². The van der Waals surface area contributed by atoms with Gasteiger partial charge in [-0.1, -0.05) is 11.6 Å². The molecule has 3 rings (SSSR count). The van der Waals surface area contributed by atoms with Crippen LogP contribution >= 0.6 is 11.6 Å². The number of carbonyl (C=O) groups excluding carboxylic acids is 2. The first-order chi connectivity index (χ1) is 11.4. The maximum absolute atomic E-state index is 12.8. The molecule has 2 heterocycles. The Kier molecular flexibility index (Phi) is 4.37. The van der Waals surface area contributed by atoms with Crippen molar-refractivity contribution in [3.63, 3.8) is 0 Å². The van der Waals surface area contributed by atoms with Gasteiger partial charge in [-0.3, -0.25) is 9.59 Å². The van der Waals surface area contributed by atoms with Crippen LogP contribution in [-0.2, 0) is 4.79 Å². The van der Waals surface area contributed by atoms with E-state index >= 15 is 0 Å². The Labute approximate surface area is 145 Å². The van der Waals surface area contributed by atoms with Gasteiger partial charge in [0.1, 0.15) is 18.1 Å². The molecule has 0 N–H and O–H groups in total. The number of halogens is 1. The molecule has 1 atom stereocenters. The Morgan fingerprint density at radius 1 is 1.25 bits per heavy atom. The number of benzene rings is 1. The molecule has 1 aromatic carbocycles. The van der Waals surface area contributed by atoms with E-state index in [4.69, 9.17) is 16.0 Å². The lowest BCUT2D eigenvalue weighted by molar-refractivity contribution is -0.121. The molecule has 1 aliphatic rings. The molecule has 2 aromatic rings. The zero-order valence-electron chi connectivity index (χ0n) is 13.9. The summed E-state index contributed by atoms with van der Waals surface area (Å²) >= 11 is 5.90. The van der Waals surface area contributed by atoms with Crippen molar-refractivity contribution < 1.29 is 14.0 Å². The Bertz CT molecular complexity index is 782. The first-order valence-corrected chi connectivity index (χ1v) is 8.18. The standard InChI is InChI=1S/C18H19ClN2O3/c1-11-9-21(15-6-4-14(19)5-7-15)17(22)10-20(11)18(23)16-8-12(2)24-13(16)3/h4-8,11H,9-10H2,1-3H3. The van der Waals surface area contributed by atoms with Crippen molar-refractivity contribution in [2.75, 3.05) is 18.0 Å². The molecule has 2 amide bonds. The zero-order valence-corrected chi connectivity index (χ0v) is 14.6. The number of hydrogen-bond acceptors (Lipinski definition) is 3. The van der Waals surface area contributed by atoms with E-state index in [9.17, 15) is 9.59 Å². The van der Waals surface area contributed by atoms with Crippen molar-refractivity contribution in [3.05, 3.63) is 52.4 Å². The first-order valence-electron chi connectivity index (χ1n) is 7.80. The van der Waals surface area contributed by atoms with Crippen LogP contribution in [0.4, 0.5) is 5.69 Å². The van der Waals surface area contributed by atoms with Crippen LogP contribution in [0.1, 0.15) is 28.8 Å². The highest BCUT2D eigenvalue weighted by Gasteiger charge is 2.34. The van der Waals surface area contributed by atoms with Crippen LogP contribution in [0.25, 0.3) is 0 Å². The lowest BCUT2D eigenvalue weighted by Gasteiger charge is -2.39. The minimum absolute atomic E-state index is 0.0479. The van der Waals surface area contributed by atoms with E-state index in [1.807, 2.05) is 19.1 Å². The first kappa shape index (κ1) is 16.6. The highest BCUT2D eigenvalue weighted by Crippen LogP contribution is 2.24. The Hall–Kier alpha value is -2.27. The van der Waals surface area contributed by atoms with Gasteiger partial charge in [-0.15, -0.1) is 0 Å². The smallest absolute Gasteiger partial charge is 0.258 e. The molecule has 1 aliphatic heterocycles. The molecule has 1 unspecified atom stereocenters. The molecule has 0 aliphatic carbocycles. The second-order valence-electron chi connectivity index (χ2n) is 6.09. The van der Waals surface area contributed by atoms with Gasteiger partial charge < -0.3 is 14.2 Å². The van der Waals surface area contributed by atoms with Gasteiger partial charge in [-0.05, 0) is 51.1 Å². The maximum atomic E-state index is 12.8. The van der Waals surface area contributed by atoms with Crippen LogP contribution in [0.5, 0.6) is 0 Å². The minimum Gasteiger partial charge on any atom is -0.466 e. The molecular weight excluding hydrogens is 328 g/mol. The topological polar surface area (TPSA) is 53.8 Å². The lowest BCUT2D eigenvalue weighted by atomic mass is 10.1. The summed E-state index contributed by atoms with van der Waals surface area (Å²) in [5.41, 5.74) is 1.31. The number of piperazine rings is 1. The molecule has 0 radical (unpaired) electrons. The van der Waals surface area contributed by atoms with Crippen LogP contribution in [0, 0.1) is 13.8 Å². The van der Waals surface area contributed by atoms with Crippen LogP contribution in [0.15, 0.2) is 34.7 Å². The number of nitrogens with zero attached hydrogens (tertiary/aromatic N) is 2.